The largest absolute Gasteiger partial charge is 0.478 e. The van der Waals surface area contributed by atoms with E-state index in [1.54, 1.807) is 16.8 Å². The number of pyridine rings is 2. The number of hydrogen-bond donors (Lipinski definition) is 1. The zero-order chi connectivity index (χ0) is 24.1. The Morgan fingerprint density at radius 1 is 1.27 bits per heavy atom. The number of halogens is 1. The molecule has 0 atom stereocenters. The number of ether oxygens (including phenoxy) is 1. The van der Waals surface area contributed by atoms with Crippen molar-refractivity contribution in [2.24, 2.45) is 7.05 Å². The quantitative estimate of drug-likeness (QED) is 0.423. The highest BCUT2D eigenvalue weighted by atomic mass is 35.5. The first-order valence-electron chi connectivity index (χ1n) is 11.2. The lowest BCUT2D eigenvalue weighted by Gasteiger charge is -2.24. The lowest BCUT2D eigenvalue weighted by atomic mass is 9.99. The summed E-state index contributed by atoms with van der Waals surface area (Å²) in [6, 6.07) is 5.42. The molecule has 178 valence electrons. The van der Waals surface area contributed by atoms with Gasteiger partial charge in [-0.1, -0.05) is 32.4 Å². The van der Waals surface area contributed by atoms with Crippen LogP contribution in [0, 0.1) is 6.92 Å². The van der Waals surface area contributed by atoms with Crippen molar-refractivity contribution in [3.8, 4) is 5.88 Å². The number of aryl methyl sites for hydroxylation is 2. The van der Waals surface area contributed by atoms with E-state index < -0.39 is 0 Å². The molecular weight excluding hydrogens is 442 g/mol. The Morgan fingerprint density at radius 3 is 2.70 bits per heavy atom. The SMILES string of the molecule is CCCOc1cc(CC(=O)CN(CCO)c2cc(C(C)C)c3c(C)nn(C)c3n2)cc(Cl)n1. The Hall–Kier alpha value is -2.71. The second kappa shape index (κ2) is 10.9. The standard InChI is InChI=1S/C24H32ClN5O3/c1-6-9-33-22-12-17(11-20(25)26-22)10-18(32)14-30(7-8-31)21-13-19(15(2)3)23-16(4)28-29(5)24(23)27-21/h11-13,15,31H,6-10,14H2,1-5H3. The molecule has 3 aromatic rings. The molecule has 3 aromatic heterocycles. The maximum Gasteiger partial charge on any atom is 0.214 e. The Bertz CT molecular complexity index is 1130. The van der Waals surface area contributed by atoms with E-state index in [-0.39, 0.29) is 31.3 Å². The van der Waals surface area contributed by atoms with Gasteiger partial charge in [0.05, 0.1) is 25.5 Å². The van der Waals surface area contributed by atoms with Crippen LogP contribution in [0.2, 0.25) is 5.15 Å². The van der Waals surface area contributed by atoms with Crippen LogP contribution in [0.4, 0.5) is 5.82 Å². The highest BCUT2D eigenvalue weighted by molar-refractivity contribution is 6.29. The van der Waals surface area contributed by atoms with Gasteiger partial charge in [-0.25, -0.2) is 9.97 Å². The van der Waals surface area contributed by atoms with Crippen LogP contribution < -0.4 is 9.64 Å². The monoisotopic (exact) mass is 473 g/mol. The molecular formula is C24H32ClN5O3. The number of hydrogen-bond acceptors (Lipinski definition) is 7. The summed E-state index contributed by atoms with van der Waals surface area (Å²) in [6.07, 6.45) is 1.03. The fraction of sp³-hybridized carbons (Fsp3) is 0.500. The van der Waals surface area contributed by atoms with Gasteiger partial charge in [0.1, 0.15) is 11.0 Å². The van der Waals surface area contributed by atoms with E-state index in [9.17, 15) is 9.90 Å². The smallest absolute Gasteiger partial charge is 0.214 e. The maximum absolute atomic E-state index is 13.0. The van der Waals surface area contributed by atoms with Crippen LogP contribution >= 0.6 is 11.6 Å². The van der Waals surface area contributed by atoms with Crippen LogP contribution in [-0.2, 0) is 18.3 Å². The molecule has 0 saturated carbocycles. The average molecular weight is 474 g/mol. The van der Waals surface area contributed by atoms with Crippen molar-refractivity contribution in [2.75, 3.05) is 31.2 Å². The predicted molar refractivity (Wildman–Crippen MR) is 130 cm³/mol. The van der Waals surface area contributed by atoms with Gasteiger partial charge in [0.25, 0.3) is 0 Å². The predicted octanol–water partition coefficient (Wildman–Crippen LogP) is 3.85. The Kier molecular flexibility index (Phi) is 8.26. The van der Waals surface area contributed by atoms with Crippen LogP contribution in [0.5, 0.6) is 5.88 Å². The fourth-order valence-electron chi connectivity index (χ4n) is 3.88. The minimum absolute atomic E-state index is 0.0265. The van der Waals surface area contributed by atoms with E-state index in [4.69, 9.17) is 21.3 Å². The van der Waals surface area contributed by atoms with Crippen molar-refractivity contribution < 1.29 is 14.6 Å². The second-order valence-electron chi connectivity index (χ2n) is 8.48. The van der Waals surface area contributed by atoms with Crippen molar-refractivity contribution in [2.45, 2.75) is 46.5 Å². The van der Waals surface area contributed by atoms with E-state index in [0.29, 0.717) is 30.0 Å². The number of aromatic nitrogens is 4. The van der Waals surface area contributed by atoms with E-state index in [2.05, 4.69) is 23.9 Å². The average Bonchev–Trinajstić information content (AvgIpc) is 3.04. The van der Waals surface area contributed by atoms with Crippen molar-refractivity contribution in [1.82, 2.24) is 19.7 Å². The number of aliphatic hydroxyl groups excluding tert-OH is 1. The number of rotatable bonds is 11. The molecule has 1 N–H and O–H groups in total. The van der Waals surface area contributed by atoms with Crippen LogP contribution in [0.1, 0.15) is 49.9 Å². The summed E-state index contributed by atoms with van der Waals surface area (Å²) in [5.41, 5.74) is 3.55. The van der Waals surface area contributed by atoms with E-state index in [1.165, 1.54) is 0 Å². The van der Waals surface area contributed by atoms with Gasteiger partial charge in [0.2, 0.25) is 5.88 Å². The van der Waals surface area contributed by atoms with E-state index in [0.717, 1.165) is 34.3 Å². The number of aliphatic hydroxyl groups is 1. The molecule has 0 radical (unpaired) electrons. The molecule has 0 spiro atoms. The molecule has 0 amide bonds. The molecule has 3 rings (SSSR count). The number of Topliss-reactive ketones (excluding diaryl/α,β-unsaturated/α-hetero) is 1. The Balaban J connectivity index is 1.87. The molecule has 0 fully saturated rings. The van der Waals surface area contributed by atoms with Crippen LogP contribution in [0.25, 0.3) is 11.0 Å². The number of anilines is 1. The molecule has 0 aliphatic carbocycles. The fourth-order valence-corrected chi connectivity index (χ4v) is 4.10. The van der Waals surface area contributed by atoms with Gasteiger partial charge in [0.15, 0.2) is 11.4 Å². The molecule has 3 heterocycles. The summed E-state index contributed by atoms with van der Waals surface area (Å²) in [6.45, 7) is 9.07. The lowest BCUT2D eigenvalue weighted by molar-refractivity contribution is -0.117. The van der Waals surface area contributed by atoms with Gasteiger partial charge in [-0.15, -0.1) is 0 Å². The van der Waals surface area contributed by atoms with Crippen molar-refractivity contribution in [3.63, 3.8) is 0 Å². The molecule has 0 unspecified atom stereocenters. The summed E-state index contributed by atoms with van der Waals surface area (Å²) in [5, 5.41) is 15.5. The van der Waals surface area contributed by atoms with E-state index in [1.807, 2.05) is 31.9 Å². The third kappa shape index (κ3) is 6.00. The molecule has 0 bridgehead atoms. The first-order valence-corrected chi connectivity index (χ1v) is 11.6. The van der Waals surface area contributed by atoms with Crippen LogP contribution in [0.15, 0.2) is 18.2 Å². The lowest BCUT2D eigenvalue weighted by Crippen LogP contribution is -2.34. The summed E-state index contributed by atoms with van der Waals surface area (Å²) in [5.74, 6) is 1.29. The van der Waals surface area contributed by atoms with Crippen molar-refractivity contribution >= 4 is 34.2 Å². The second-order valence-corrected chi connectivity index (χ2v) is 8.86. The van der Waals surface area contributed by atoms with Gasteiger partial charge in [0, 0.05) is 31.5 Å². The molecule has 33 heavy (non-hydrogen) atoms. The van der Waals surface area contributed by atoms with Gasteiger partial charge in [-0.3, -0.25) is 9.48 Å². The molecule has 0 aromatic carbocycles. The Morgan fingerprint density at radius 2 is 2.03 bits per heavy atom. The van der Waals surface area contributed by atoms with Gasteiger partial charge in [-0.2, -0.15) is 5.10 Å². The Labute approximate surface area is 199 Å². The molecule has 8 nitrogen and oxygen atoms in total. The summed E-state index contributed by atoms with van der Waals surface area (Å²) in [7, 11) is 1.86. The highest BCUT2D eigenvalue weighted by Crippen LogP contribution is 2.30. The topological polar surface area (TPSA) is 93.4 Å². The van der Waals surface area contributed by atoms with E-state index >= 15 is 0 Å². The summed E-state index contributed by atoms with van der Waals surface area (Å²) >= 11 is 6.12. The number of carbonyl (C=O) groups excluding carboxylic acids is 1. The normalized spacial score (nSPS) is 11.4. The molecule has 0 aliphatic heterocycles. The van der Waals surface area contributed by atoms with Crippen LogP contribution in [-0.4, -0.2) is 56.9 Å². The minimum Gasteiger partial charge on any atom is -0.478 e. The van der Waals surface area contributed by atoms with Gasteiger partial charge < -0.3 is 14.7 Å². The zero-order valence-corrected chi connectivity index (χ0v) is 20.7. The first-order chi connectivity index (χ1) is 15.7. The highest BCUT2D eigenvalue weighted by Gasteiger charge is 2.20. The maximum atomic E-state index is 13.0. The van der Waals surface area contributed by atoms with Crippen molar-refractivity contribution in [1.29, 1.82) is 0 Å². The molecule has 0 aliphatic rings. The number of ketones is 1. The number of carbonyl (C=O) groups is 1. The zero-order valence-electron chi connectivity index (χ0n) is 19.9. The van der Waals surface area contributed by atoms with Gasteiger partial charge in [-0.05, 0) is 42.5 Å². The third-order valence-corrected chi connectivity index (χ3v) is 5.55. The first kappa shape index (κ1) is 24.9. The van der Waals surface area contributed by atoms with Gasteiger partial charge >= 0.3 is 0 Å². The van der Waals surface area contributed by atoms with Crippen molar-refractivity contribution in [3.05, 3.63) is 40.2 Å². The number of fused-ring (bicyclic) bond motifs is 1. The summed E-state index contributed by atoms with van der Waals surface area (Å²) in [4.78, 5) is 23.7. The number of nitrogens with zero attached hydrogens (tertiary/aromatic N) is 5. The molecule has 9 heteroatoms. The molecule has 0 saturated heterocycles. The minimum atomic E-state index is -0.0927. The van der Waals surface area contributed by atoms with Crippen LogP contribution in [0.3, 0.4) is 0 Å². The summed E-state index contributed by atoms with van der Waals surface area (Å²) < 4.78 is 7.33. The third-order valence-electron chi connectivity index (χ3n) is 5.35.